The standard InChI is InChI=1S/H2O3P.Pm/c1-4(2)3;/h1-2H;/q-1;+1. The molecule has 0 atom stereocenters. The zero-order valence-corrected chi connectivity index (χ0v) is 5.96. The van der Waals surface area contributed by atoms with Crippen molar-refractivity contribution in [3.8, 4) is 0 Å². The van der Waals surface area contributed by atoms with Gasteiger partial charge in [-0.3, -0.25) is 0 Å². The van der Waals surface area contributed by atoms with Crippen molar-refractivity contribution in [3.63, 3.8) is 0 Å². The molecule has 0 aromatic heterocycles. The SMILES string of the molecule is OP(O)[O][Pm]. The first-order valence-corrected chi connectivity index (χ1v) is 3.10. The first-order chi connectivity index (χ1) is 2.27. The van der Waals surface area contributed by atoms with Gasteiger partial charge in [0.1, 0.15) is 0 Å². The number of hydrogen-bond acceptors (Lipinski definition) is 3. The molecule has 0 bridgehead atoms. The average Bonchev–Trinajstić information content (AvgIpc) is 1.38. The Morgan fingerprint density at radius 3 is 1.80 bits per heavy atom. The van der Waals surface area contributed by atoms with Gasteiger partial charge in [-0.15, -0.1) is 0 Å². The van der Waals surface area contributed by atoms with Crippen LogP contribution in [0.3, 0.4) is 0 Å². The molecule has 3 nitrogen and oxygen atoms in total. The van der Waals surface area contributed by atoms with Crippen LogP contribution in [0.1, 0.15) is 0 Å². The van der Waals surface area contributed by atoms with Gasteiger partial charge in [0.2, 0.25) is 0 Å². The molecule has 0 fully saturated rings. The van der Waals surface area contributed by atoms with E-state index in [2.05, 4.69) is 0.906 Å². The molecule has 0 aliphatic rings. The zero-order chi connectivity index (χ0) is 4.28. The first kappa shape index (κ1) is 6.65. The third kappa shape index (κ3) is 5.65. The number of rotatable bonds is 1. The van der Waals surface area contributed by atoms with Crippen LogP contribution in [0.4, 0.5) is 0 Å². The molecule has 0 amide bonds. The molecule has 0 unspecified atom stereocenters. The zero-order valence-electron chi connectivity index (χ0n) is 2.20. The Hall–Kier alpha value is 1.65. The quantitative estimate of drug-likeness (QED) is 0.602. The van der Waals surface area contributed by atoms with Crippen LogP contribution in [0.15, 0.2) is 0 Å². The van der Waals surface area contributed by atoms with E-state index in [1.165, 1.54) is 0 Å². The second-order valence-corrected chi connectivity index (χ2v) is 2.57. The van der Waals surface area contributed by atoms with E-state index in [9.17, 15) is 0 Å². The molecule has 0 spiro atoms. The van der Waals surface area contributed by atoms with Crippen LogP contribution in [-0.4, -0.2) is 9.79 Å². The summed E-state index contributed by atoms with van der Waals surface area (Å²) in [5.74, 6) is 0. The topological polar surface area (TPSA) is 49.7 Å². The minimum absolute atomic E-state index is 0.567. The van der Waals surface area contributed by atoms with E-state index < -0.39 is 8.60 Å². The summed E-state index contributed by atoms with van der Waals surface area (Å²) in [6, 6.07) is 0. The summed E-state index contributed by atoms with van der Waals surface area (Å²) in [7, 11) is -2.05. The van der Waals surface area contributed by atoms with E-state index in [1.54, 1.807) is 0 Å². The Morgan fingerprint density at radius 2 is 1.80 bits per heavy atom. The fourth-order valence-electron chi connectivity index (χ4n) is 0. The van der Waals surface area contributed by atoms with Crippen molar-refractivity contribution in [2.24, 2.45) is 0 Å². The van der Waals surface area contributed by atoms with Crippen molar-refractivity contribution >= 4 is 8.60 Å². The predicted molar refractivity (Wildman–Crippen MR) is 12.4 cm³/mol. The van der Waals surface area contributed by atoms with E-state index in [-0.39, 0.29) is 0 Å². The fourth-order valence-corrected chi connectivity index (χ4v) is 0. The first-order valence-electron chi connectivity index (χ1n) is 0.765. The molecule has 0 heterocycles. The molecule has 0 aliphatic heterocycles. The van der Waals surface area contributed by atoms with Gasteiger partial charge in [-0.2, -0.15) is 0 Å². The van der Waals surface area contributed by atoms with E-state index in [0.29, 0.717) is 38.9 Å². The molecule has 2 N–H and O–H groups in total. The summed E-state index contributed by atoms with van der Waals surface area (Å²) in [6.07, 6.45) is 0. The van der Waals surface area contributed by atoms with E-state index >= 15 is 0 Å². The molecular formula is H2O3PPm. The average molecular weight is 226 g/mol. The molecule has 0 rings (SSSR count). The molecule has 0 aliphatic carbocycles. The van der Waals surface area contributed by atoms with E-state index in [4.69, 9.17) is 9.79 Å². The van der Waals surface area contributed by atoms with Gasteiger partial charge in [-0.1, -0.05) is 0 Å². The van der Waals surface area contributed by atoms with Gasteiger partial charge >= 0.3 is 58.2 Å². The van der Waals surface area contributed by atoms with Gasteiger partial charge in [0, 0.05) is 0 Å². The molecule has 0 aromatic carbocycles. The molecular weight excluding hydrogens is 224 g/mol. The van der Waals surface area contributed by atoms with Gasteiger partial charge in [-0.05, 0) is 0 Å². The summed E-state index contributed by atoms with van der Waals surface area (Å²) in [4.78, 5) is 15.6. The summed E-state index contributed by atoms with van der Waals surface area (Å²) in [5, 5.41) is 0. The predicted octanol–water partition coefficient (Wildman–Crippen LogP) is -0.321. The van der Waals surface area contributed by atoms with E-state index in [0.717, 1.165) is 0 Å². The van der Waals surface area contributed by atoms with Gasteiger partial charge in [0.15, 0.2) is 0 Å². The monoisotopic (exact) mass is 226 g/mol. The maximum absolute atomic E-state index is 7.79. The summed E-state index contributed by atoms with van der Waals surface area (Å²) < 4.78 is 4.04. The molecule has 0 aromatic rings. The van der Waals surface area contributed by atoms with Crippen LogP contribution in [0, 0.1) is 38.9 Å². The maximum atomic E-state index is 7.79. The van der Waals surface area contributed by atoms with Crippen molar-refractivity contribution in [2.75, 3.05) is 0 Å². The second kappa shape index (κ2) is 3.82. The minimum atomic E-state index is -2.05. The Morgan fingerprint density at radius 1 is 1.60 bits per heavy atom. The molecule has 5 heavy (non-hydrogen) atoms. The fraction of sp³-hybridized carbons (Fsp3) is 0. The van der Waals surface area contributed by atoms with Gasteiger partial charge in [-0.25, -0.2) is 0 Å². The molecule has 5 heteroatoms. The van der Waals surface area contributed by atoms with Crippen molar-refractivity contribution in [2.45, 2.75) is 0 Å². The van der Waals surface area contributed by atoms with Crippen molar-refractivity contribution in [3.05, 3.63) is 0 Å². The Labute approximate surface area is 57.7 Å². The van der Waals surface area contributed by atoms with Crippen LogP contribution in [-0.2, 0) is 0.906 Å². The van der Waals surface area contributed by atoms with Crippen LogP contribution in [0.25, 0.3) is 0 Å². The van der Waals surface area contributed by atoms with Crippen molar-refractivity contribution < 1.29 is 49.6 Å². The summed E-state index contributed by atoms with van der Waals surface area (Å²) in [6.45, 7) is 0. The van der Waals surface area contributed by atoms with Crippen molar-refractivity contribution in [1.29, 1.82) is 0 Å². The van der Waals surface area contributed by atoms with Crippen LogP contribution >= 0.6 is 8.60 Å². The molecule has 0 radical (unpaired) electrons. The third-order valence-electron chi connectivity index (χ3n) is 0.0730. The van der Waals surface area contributed by atoms with E-state index in [1.807, 2.05) is 0 Å². The van der Waals surface area contributed by atoms with Gasteiger partial charge in [0.25, 0.3) is 0 Å². The Bertz CT molecular complexity index is 20.9. The third-order valence-corrected chi connectivity index (χ3v) is 1.62. The summed E-state index contributed by atoms with van der Waals surface area (Å²) >= 11 is 0.567. The molecule has 0 saturated heterocycles. The molecule has 30 valence electrons. The Kier molecular flexibility index (Phi) is 5.09. The normalized spacial score (nSPS) is 9.40. The van der Waals surface area contributed by atoms with Crippen molar-refractivity contribution in [1.82, 2.24) is 0 Å². The van der Waals surface area contributed by atoms with Crippen LogP contribution in [0.5, 0.6) is 0 Å². The van der Waals surface area contributed by atoms with Gasteiger partial charge < -0.3 is 0 Å². The Balaban J connectivity index is 2.54. The van der Waals surface area contributed by atoms with Gasteiger partial charge in [0.05, 0.1) is 0 Å². The number of hydrogen-bond donors (Lipinski definition) is 2. The van der Waals surface area contributed by atoms with Crippen LogP contribution in [0.2, 0.25) is 0 Å². The van der Waals surface area contributed by atoms with Crippen LogP contribution < -0.4 is 0 Å². The second-order valence-electron chi connectivity index (χ2n) is 0.334. The summed E-state index contributed by atoms with van der Waals surface area (Å²) in [5.41, 5.74) is 0. The molecule has 0 saturated carbocycles.